The third-order valence-electron chi connectivity index (χ3n) is 2.75. The lowest BCUT2D eigenvalue weighted by atomic mass is 9.98. The van der Waals surface area contributed by atoms with Gasteiger partial charge in [0.05, 0.1) is 0 Å². The molecule has 0 bridgehead atoms. The van der Waals surface area contributed by atoms with Gasteiger partial charge < -0.3 is 5.73 Å². The highest BCUT2D eigenvalue weighted by Crippen LogP contribution is 2.29. The van der Waals surface area contributed by atoms with E-state index < -0.39 is 0 Å². The van der Waals surface area contributed by atoms with Gasteiger partial charge in [0.25, 0.3) is 0 Å². The minimum Gasteiger partial charge on any atom is -0.326 e. The maximum Gasteiger partial charge on any atom is 0.131 e. The van der Waals surface area contributed by atoms with E-state index in [0.29, 0.717) is 12.1 Å². The number of rotatable bonds is 2. The van der Waals surface area contributed by atoms with E-state index in [1.807, 2.05) is 25.1 Å². The smallest absolute Gasteiger partial charge is 0.131 e. The Morgan fingerprint density at radius 1 is 1.12 bits per heavy atom. The van der Waals surface area contributed by atoms with Crippen molar-refractivity contribution in [2.45, 2.75) is 13.5 Å². The number of aryl methyl sites for hydroxylation is 1. The molecule has 0 aliphatic heterocycles. The van der Waals surface area contributed by atoms with Crippen LogP contribution >= 0.6 is 15.9 Å². The van der Waals surface area contributed by atoms with Crippen molar-refractivity contribution in [3.63, 3.8) is 0 Å². The van der Waals surface area contributed by atoms with Crippen molar-refractivity contribution in [1.82, 2.24) is 0 Å². The van der Waals surface area contributed by atoms with Crippen LogP contribution in [0.4, 0.5) is 4.39 Å². The molecule has 3 heteroatoms. The molecular formula is C14H13BrFN. The van der Waals surface area contributed by atoms with E-state index in [9.17, 15) is 4.39 Å². The second-order valence-corrected chi connectivity index (χ2v) is 4.89. The minimum atomic E-state index is -0.211. The first-order valence-electron chi connectivity index (χ1n) is 5.37. The average Bonchev–Trinajstić information content (AvgIpc) is 2.32. The molecule has 88 valence electrons. The molecule has 0 atom stereocenters. The lowest BCUT2D eigenvalue weighted by Gasteiger charge is -2.09. The molecular weight excluding hydrogens is 281 g/mol. The topological polar surface area (TPSA) is 26.0 Å². The normalized spacial score (nSPS) is 10.6. The van der Waals surface area contributed by atoms with Gasteiger partial charge in [-0.25, -0.2) is 4.39 Å². The molecule has 2 aromatic carbocycles. The summed E-state index contributed by atoms with van der Waals surface area (Å²) in [6.45, 7) is 2.47. The summed E-state index contributed by atoms with van der Waals surface area (Å²) in [6.07, 6.45) is 0. The second-order valence-electron chi connectivity index (χ2n) is 3.98. The Bertz CT molecular complexity index is 552. The van der Waals surface area contributed by atoms with Crippen molar-refractivity contribution < 1.29 is 4.39 Å². The Labute approximate surface area is 109 Å². The third-order valence-corrected chi connectivity index (χ3v) is 3.24. The van der Waals surface area contributed by atoms with Gasteiger partial charge in [-0.1, -0.05) is 34.1 Å². The van der Waals surface area contributed by atoms with Crippen LogP contribution in [0.2, 0.25) is 0 Å². The monoisotopic (exact) mass is 293 g/mol. The molecule has 0 saturated carbocycles. The summed E-state index contributed by atoms with van der Waals surface area (Å²) in [4.78, 5) is 0. The molecule has 0 unspecified atom stereocenters. The largest absolute Gasteiger partial charge is 0.326 e. The molecule has 0 aromatic heterocycles. The Hall–Kier alpha value is -1.19. The van der Waals surface area contributed by atoms with E-state index in [0.717, 1.165) is 21.2 Å². The van der Waals surface area contributed by atoms with Crippen LogP contribution in [-0.2, 0) is 6.54 Å². The zero-order valence-corrected chi connectivity index (χ0v) is 11.1. The van der Waals surface area contributed by atoms with Crippen LogP contribution in [0.15, 0.2) is 40.9 Å². The quantitative estimate of drug-likeness (QED) is 0.889. The van der Waals surface area contributed by atoms with Gasteiger partial charge in [-0.15, -0.1) is 0 Å². The average molecular weight is 294 g/mol. The highest BCUT2D eigenvalue weighted by Gasteiger charge is 2.08. The van der Waals surface area contributed by atoms with E-state index in [1.54, 1.807) is 12.1 Å². The Morgan fingerprint density at radius 2 is 1.88 bits per heavy atom. The summed E-state index contributed by atoms with van der Waals surface area (Å²) in [5, 5.41) is 0. The first kappa shape index (κ1) is 12.3. The summed E-state index contributed by atoms with van der Waals surface area (Å²) in [5.41, 5.74) is 9.18. The van der Waals surface area contributed by atoms with Crippen LogP contribution in [0.25, 0.3) is 11.1 Å². The van der Waals surface area contributed by atoms with Crippen molar-refractivity contribution in [3.8, 4) is 11.1 Å². The number of halogens is 2. The second kappa shape index (κ2) is 4.98. The van der Waals surface area contributed by atoms with E-state index >= 15 is 0 Å². The molecule has 2 aromatic rings. The number of hydrogen-bond acceptors (Lipinski definition) is 1. The van der Waals surface area contributed by atoms with E-state index in [4.69, 9.17) is 5.73 Å². The number of hydrogen-bond donors (Lipinski definition) is 1. The van der Waals surface area contributed by atoms with Crippen molar-refractivity contribution in [2.75, 3.05) is 0 Å². The molecule has 0 aliphatic carbocycles. The maximum absolute atomic E-state index is 13.8. The van der Waals surface area contributed by atoms with Gasteiger partial charge >= 0.3 is 0 Å². The Morgan fingerprint density at radius 3 is 2.53 bits per heavy atom. The standard InChI is InChI=1S/C14H13BrFN/c1-9-6-10(8-17)2-4-12(9)13-7-11(15)3-5-14(13)16/h2-7H,8,17H2,1H3. The van der Waals surface area contributed by atoms with Gasteiger partial charge in [0.2, 0.25) is 0 Å². The fraction of sp³-hybridized carbons (Fsp3) is 0.143. The molecule has 0 radical (unpaired) electrons. The van der Waals surface area contributed by atoms with Crippen molar-refractivity contribution in [2.24, 2.45) is 5.73 Å². The molecule has 0 spiro atoms. The van der Waals surface area contributed by atoms with Crippen LogP contribution in [0.5, 0.6) is 0 Å². The number of nitrogens with two attached hydrogens (primary N) is 1. The fourth-order valence-corrected chi connectivity index (χ4v) is 2.22. The highest BCUT2D eigenvalue weighted by atomic mass is 79.9. The molecule has 1 nitrogen and oxygen atoms in total. The minimum absolute atomic E-state index is 0.211. The van der Waals surface area contributed by atoms with Gasteiger partial charge in [0, 0.05) is 16.6 Å². The zero-order chi connectivity index (χ0) is 12.4. The van der Waals surface area contributed by atoms with Gasteiger partial charge in [0.1, 0.15) is 5.82 Å². The van der Waals surface area contributed by atoms with Gasteiger partial charge in [0.15, 0.2) is 0 Å². The summed E-state index contributed by atoms with van der Waals surface area (Å²) < 4.78 is 14.6. The molecule has 0 heterocycles. The third kappa shape index (κ3) is 2.56. The first-order valence-corrected chi connectivity index (χ1v) is 6.16. The lowest BCUT2D eigenvalue weighted by molar-refractivity contribution is 0.631. The Balaban J connectivity index is 2.56. The summed E-state index contributed by atoms with van der Waals surface area (Å²) >= 11 is 3.36. The highest BCUT2D eigenvalue weighted by molar-refractivity contribution is 9.10. The molecule has 0 aliphatic rings. The lowest BCUT2D eigenvalue weighted by Crippen LogP contribution is -1.97. The van der Waals surface area contributed by atoms with E-state index in [-0.39, 0.29) is 5.82 Å². The maximum atomic E-state index is 13.8. The van der Waals surface area contributed by atoms with E-state index in [2.05, 4.69) is 15.9 Å². The van der Waals surface area contributed by atoms with Crippen LogP contribution < -0.4 is 5.73 Å². The molecule has 0 fully saturated rings. The van der Waals surface area contributed by atoms with Gasteiger partial charge in [-0.05, 0) is 41.8 Å². The Kier molecular flexibility index (Phi) is 3.60. The molecule has 2 rings (SSSR count). The predicted octanol–water partition coefficient (Wildman–Crippen LogP) is 4.02. The van der Waals surface area contributed by atoms with Crippen LogP contribution in [0, 0.1) is 12.7 Å². The SMILES string of the molecule is Cc1cc(CN)ccc1-c1cc(Br)ccc1F. The van der Waals surface area contributed by atoms with Crippen molar-refractivity contribution in [3.05, 3.63) is 57.8 Å². The first-order chi connectivity index (χ1) is 8.11. The molecule has 0 saturated heterocycles. The van der Waals surface area contributed by atoms with Gasteiger partial charge in [-0.3, -0.25) is 0 Å². The molecule has 17 heavy (non-hydrogen) atoms. The van der Waals surface area contributed by atoms with Crippen LogP contribution in [0.1, 0.15) is 11.1 Å². The summed E-state index contributed by atoms with van der Waals surface area (Å²) in [6, 6.07) is 10.8. The van der Waals surface area contributed by atoms with Crippen LogP contribution in [0.3, 0.4) is 0 Å². The molecule has 0 amide bonds. The number of benzene rings is 2. The van der Waals surface area contributed by atoms with Crippen molar-refractivity contribution in [1.29, 1.82) is 0 Å². The molecule has 2 N–H and O–H groups in total. The summed E-state index contributed by atoms with van der Waals surface area (Å²) in [5.74, 6) is -0.211. The summed E-state index contributed by atoms with van der Waals surface area (Å²) in [7, 11) is 0. The zero-order valence-electron chi connectivity index (χ0n) is 9.50. The van der Waals surface area contributed by atoms with Gasteiger partial charge in [-0.2, -0.15) is 0 Å². The fourth-order valence-electron chi connectivity index (χ4n) is 1.86. The predicted molar refractivity (Wildman–Crippen MR) is 72.2 cm³/mol. The van der Waals surface area contributed by atoms with Crippen molar-refractivity contribution >= 4 is 15.9 Å². The van der Waals surface area contributed by atoms with E-state index in [1.165, 1.54) is 6.07 Å². The van der Waals surface area contributed by atoms with Crippen LogP contribution in [-0.4, -0.2) is 0 Å².